The summed E-state index contributed by atoms with van der Waals surface area (Å²) >= 11 is 5.05. The first-order valence-corrected chi connectivity index (χ1v) is 15.7. The van der Waals surface area contributed by atoms with Crippen molar-refractivity contribution in [3.8, 4) is 11.5 Å². The quantitative estimate of drug-likeness (QED) is 0.373. The Bertz CT molecular complexity index is 1490. The average molecular weight is 622 g/mol. The number of hydrogen-bond donors (Lipinski definition) is 2. The second kappa shape index (κ2) is 9.72. The molecule has 1 saturated heterocycles. The number of rotatable bonds is 6. The molecule has 1 amide bonds. The Morgan fingerprint density at radius 3 is 2.85 bits per heavy atom. The van der Waals surface area contributed by atoms with Gasteiger partial charge in [-0.15, -0.1) is 11.3 Å². The molecule has 0 radical (unpaired) electrons. The van der Waals surface area contributed by atoms with Gasteiger partial charge in [0.2, 0.25) is 5.91 Å². The second-order valence-corrected chi connectivity index (χ2v) is 13.5. The van der Waals surface area contributed by atoms with Crippen LogP contribution in [0.4, 0.5) is 0 Å². The summed E-state index contributed by atoms with van der Waals surface area (Å²) in [5.74, 6) is 0.530. The molecule has 6 nitrogen and oxygen atoms in total. The normalized spacial score (nSPS) is 30.2. The van der Waals surface area contributed by atoms with Crippen molar-refractivity contribution in [2.45, 2.75) is 61.3 Å². The summed E-state index contributed by atoms with van der Waals surface area (Å²) in [4.78, 5) is 18.7. The summed E-state index contributed by atoms with van der Waals surface area (Å²) in [6.07, 6.45) is 6.64. The summed E-state index contributed by atoms with van der Waals surface area (Å²) in [6, 6.07) is 16.0. The van der Waals surface area contributed by atoms with Crippen molar-refractivity contribution in [3.63, 3.8) is 0 Å². The number of amides is 1. The molecule has 208 valence electrons. The number of carbonyl (C=O) groups excluding carboxylic acids is 1. The Morgan fingerprint density at radius 2 is 2.08 bits per heavy atom. The van der Waals surface area contributed by atoms with Crippen molar-refractivity contribution in [1.29, 1.82) is 0 Å². The molecule has 7 rings (SSSR count). The van der Waals surface area contributed by atoms with E-state index >= 15 is 0 Å². The van der Waals surface area contributed by atoms with Crippen LogP contribution in [0.25, 0.3) is 6.08 Å². The number of phenols is 1. The molecule has 2 N–H and O–H groups in total. The van der Waals surface area contributed by atoms with Crippen LogP contribution in [0.1, 0.15) is 40.8 Å². The van der Waals surface area contributed by atoms with Crippen LogP contribution in [0.5, 0.6) is 11.5 Å². The number of halogens is 1. The van der Waals surface area contributed by atoms with Crippen molar-refractivity contribution in [1.82, 2.24) is 9.80 Å². The maximum atomic E-state index is 13.4. The van der Waals surface area contributed by atoms with Gasteiger partial charge in [0, 0.05) is 46.0 Å². The van der Waals surface area contributed by atoms with E-state index in [9.17, 15) is 15.0 Å². The van der Waals surface area contributed by atoms with Crippen LogP contribution in [0.3, 0.4) is 0 Å². The standard InChI is InChI=1S/C32H33BrN2O4S/c1-34(27(37)10-8-23-18-22(33)19-40-23)24-11-13-32(38)26-17-21-7-9-25(36)29-28(21)31(32,30(24)39-29)14-16-35(26)15-12-20-5-3-2-4-6-20/h2-10,18-19,24,26,30,36,38H,11-17H2,1H3/b10-8+/t24-,26-,30+,31+,32-/m1/s1. The number of likely N-dealkylation sites (N-methyl/N-ethyl adjacent to an activating group) is 1. The van der Waals surface area contributed by atoms with Crippen molar-refractivity contribution >= 4 is 39.2 Å². The minimum absolute atomic E-state index is 0.0433. The minimum atomic E-state index is -1.00. The highest BCUT2D eigenvalue weighted by Crippen LogP contribution is 2.65. The summed E-state index contributed by atoms with van der Waals surface area (Å²) in [7, 11) is 1.84. The summed E-state index contributed by atoms with van der Waals surface area (Å²) in [5.41, 5.74) is 1.75. The maximum absolute atomic E-state index is 13.4. The van der Waals surface area contributed by atoms with Gasteiger partial charge in [0.25, 0.3) is 0 Å². The van der Waals surface area contributed by atoms with Gasteiger partial charge in [-0.05, 0) is 83.9 Å². The van der Waals surface area contributed by atoms with Crippen LogP contribution in [-0.4, -0.2) is 69.8 Å². The molecule has 1 aromatic heterocycles. The number of aliphatic hydroxyl groups is 1. The van der Waals surface area contributed by atoms with Crippen LogP contribution in [0, 0.1) is 0 Å². The van der Waals surface area contributed by atoms with Crippen molar-refractivity contribution in [2.24, 2.45) is 0 Å². The van der Waals surface area contributed by atoms with Crippen molar-refractivity contribution in [2.75, 3.05) is 20.1 Å². The number of benzene rings is 2. The molecule has 0 unspecified atom stereocenters. The fraction of sp³-hybridized carbons (Fsp3) is 0.406. The van der Waals surface area contributed by atoms with Gasteiger partial charge in [0.15, 0.2) is 11.5 Å². The molecule has 2 aromatic carbocycles. The lowest BCUT2D eigenvalue weighted by Crippen LogP contribution is -2.78. The molecule has 5 atom stereocenters. The summed E-state index contributed by atoms with van der Waals surface area (Å²) in [6.45, 7) is 1.72. The van der Waals surface area contributed by atoms with Crippen molar-refractivity contribution in [3.05, 3.63) is 86.0 Å². The molecular formula is C32H33BrN2O4S. The largest absolute Gasteiger partial charge is 0.504 e. The highest BCUT2D eigenvalue weighted by Gasteiger charge is 2.73. The Hall–Kier alpha value is -2.65. The number of thiophene rings is 1. The van der Waals surface area contributed by atoms with Gasteiger partial charge in [-0.1, -0.05) is 36.4 Å². The predicted molar refractivity (Wildman–Crippen MR) is 160 cm³/mol. The molecule has 4 aliphatic rings. The smallest absolute Gasteiger partial charge is 0.246 e. The first kappa shape index (κ1) is 26.3. The van der Waals surface area contributed by atoms with E-state index in [1.54, 1.807) is 28.4 Å². The average Bonchev–Trinajstić information content (AvgIpc) is 3.53. The van der Waals surface area contributed by atoms with Gasteiger partial charge in [0.05, 0.1) is 17.1 Å². The van der Waals surface area contributed by atoms with E-state index < -0.39 is 17.1 Å². The fourth-order valence-corrected chi connectivity index (χ4v) is 9.37. The number of hydrogen-bond acceptors (Lipinski definition) is 6. The van der Waals surface area contributed by atoms with E-state index in [0.29, 0.717) is 18.6 Å². The number of piperidine rings is 1. The van der Waals surface area contributed by atoms with E-state index in [-0.39, 0.29) is 23.7 Å². The number of phenolic OH excluding ortho intramolecular Hbond substituents is 1. The lowest BCUT2D eigenvalue weighted by atomic mass is 9.48. The minimum Gasteiger partial charge on any atom is -0.504 e. The van der Waals surface area contributed by atoms with E-state index in [1.165, 1.54) is 5.56 Å². The number of aromatic hydroxyl groups is 1. The van der Waals surface area contributed by atoms with E-state index in [4.69, 9.17) is 4.74 Å². The topological polar surface area (TPSA) is 73.2 Å². The monoisotopic (exact) mass is 620 g/mol. The maximum Gasteiger partial charge on any atom is 0.246 e. The molecule has 3 aromatic rings. The van der Waals surface area contributed by atoms with Crippen LogP contribution < -0.4 is 4.74 Å². The molecule has 2 bridgehead atoms. The predicted octanol–water partition coefficient (Wildman–Crippen LogP) is 5.15. The lowest BCUT2D eigenvalue weighted by Gasteiger charge is -2.64. The van der Waals surface area contributed by atoms with Gasteiger partial charge < -0.3 is 19.8 Å². The van der Waals surface area contributed by atoms with E-state index in [1.807, 2.05) is 36.7 Å². The number of ether oxygens (including phenoxy) is 1. The zero-order chi connectivity index (χ0) is 27.6. The Labute approximate surface area is 247 Å². The van der Waals surface area contributed by atoms with Gasteiger partial charge in [-0.2, -0.15) is 0 Å². The van der Waals surface area contributed by atoms with Crippen LogP contribution in [0.15, 0.2) is 64.5 Å². The van der Waals surface area contributed by atoms with Gasteiger partial charge in [-0.3, -0.25) is 9.69 Å². The second-order valence-electron chi connectivity index (χ2n) is 11.7. The summed E-state index contributed by atoms with van der Waals surface area (Å²) in [5, 5.41) is 25.6. The van der Waals surface area contributed by atoms with Gasteiger partial charge in [-0.25, -0.2) is 0 Å². The Kier molecular flexibility index (Phi) is 6.38. The third kappa shape index (κ3) is 3.83. The molecule has 3 heterocycles. The van der Waals surface area contributed by atoms with E-state index in [2.05, 4.69) is 45.1 Å². The van der Waals surface area contributed by atoms with Crippen LogP contribution in [0.2, 0.25) is 0 Å². The molecule has 2 aliphatic heterocycles. The third-order valence-corrected chi connectivity index (χ3v) is 11.6. The van der Waals surface area contributed by atoms with E-state index in [0.717, 1.165) is 52.8 Å². The SMILES string of the molecule is CN(C(=O)/C=C/c1cc(Br)cs1)[C@@H]1CC[C@@]2(O)[C@H]3Cc4ccc(O)c5c4[C@@]2(CCN3CCc2ccccc2)[C@H]1O5. The first-order valence-electron chi connectivity index (χ1n) is 14.0. The molecule has 2 aliphatic carbocycles. The Balaban J connectivity index is 1.22. The fourth-order valence-electron chi connectivity index (χ4n) is 8.04. The highest BCUT2D eigenvalue weighted by atomic mass is 79.9. The molecule has 40 heavy (non-hydrogen) atoms. The van der Waals surface area contributed by atoms with Gasteiger partial charge in [0.1, 0.15) is 6.10 Å². The van der Waals surface area contributed by atoms with Crippen LogP contribution in [-0.2, 0) is 23.1 Å². The zero-order valence-corrected chi connectivity index (χ0v) is 24.8. The third-order valence-electron chi connectivity index (χ3n) is 9.90. The van der Waals surface area contributed by atoms with Gasteiger partial charge >= 0.3 is 0 Å². The molecular weight excluding hydrogens is 588 g/mol. The number of carbonyl (C=O) groups is 1. The number of likely N-dealkylation sites (tertiary alicyclic amines) is 1. The first-order chi connectivity index (χ1) is 19.3. The molecule has 2 fully saturated rings. The van der Waals surface area contributed by atoms with Crippen molar-refractivity contribution < 1.29 is 19.7 Å². The molecule has 1 saturated carbocycles. The lowest BCUT2D eigenvalue weighted by molar-refractivity contribution is -0.199. The summed E-state index contributed by atoms with van der Waals surface area (Å²) < 4.78 is 7.64. The molecule has 1 spiro atoms. The number of nitrogens with zero attached hydrogens (tertiary/aromatic N) is 2. The molecule has 8 heteroatoms. The highest BCUT2D eigenvalue weighted by molar-refractivity contribution is 9.10. The Morgan fingerprint density at radius 1 is 1.25 bits per heavy atom. The zero-order valence-electron chi connectivity index (χ0n) is 22.4. The van der Waals surface area contributed by atoms with Crippen LogP contribution >= 0.6 is 27.3 Å².